The summed E-state index contributed by atoms with van der Waals surface area (Å²) < 4.78 is 41.8. The van der Waals surface area contributed by atoms with Gasteiger partial charge in [-0.3, -0.25) is 20.8 Å². The maximum Gasteiger partial charge on any atom is 0.433 e. The van der Waals surface area contributed by atoms with E-state index in [2.05, 4.69) is 27.0 Å². The monoisotopic (exact) mass is 525 g/mol. The normalized spacial score (nSPS) is 19.8. The van der Waals surface area contributed by atoms with E-state index in [-0.39, 0.29) is 5.92 Å². The number of nitrogens with zero attached hydrogens (tertiary/aromatic N) is 4. The van der Waals surface area contributed by atoms with Gasteiger partial charge in [0.05, 0.1) is 17.5 Å². The van der Waals surface area contributed by atoms with Crippen LogP contribution < -0.4 is 0 Å². The Bertz CT molecular complexity index is 1330. The summed E-state index contributed by atoms with van der Waals surface area (Å²) in [6.07, 6.45) is 1.83. The number of amidine groups is 1. The smallest absolute Gasteiger partial charge is 0.324 e. The Hall–Kier alpha value is -3.27. The number of aromatic nitrogens is 3. The summed E-state index contributed by atoms with van der Waals surface area (Å²) in [4.78, 5) is 7.73. The number of piperidine rings is 1. The van der Waals surface area contributed by atoms with Crippen LogP contribution >= 0.6 is 0 Å². The quantitative estimate of drug-likeness (QED) is 0.250. The number of aromatic amines is 1. The fraction of sp³-hybridized carbons (Fsp3) is 0.500. The Balaban J connectivity index is 1.57. The molecule has 1 aliphatic heterocycles. The minimum absolute atomic E-state index is 0.190. The first-order valence-electron chi connectivity index (χ1n) is 13.3. The second kappa shape index (κ2) is 10.5. The molecule has 0 bridgehead atoms. The second-order valence-electron chi connectivity index (χ2n) is 10.8. The number of alkyl halides is 3. The SMILES string of the molecule is CC1CCCN(Cc2nc(C(F)(F)F)cc3c(-c4cccc(C(C(=N)N(C)C=N)C5CCC5)c4)n[nH]c23)C1. The van der Waals surface area contributed by atoms with Crippen LogP contribution in [0.25, 0.3) is 22.2 Å². The van der Waals surface area contributed by atoms with Gasteiger partial charge >= 0.3 is 6.18 Å². The van der Waals surface area contributed by atoms with Crippen molar-refractivity contribution in [3.05, 3.63) is 47.3 Å². The van der Waals surface area contributed by atoms with Gasteiger partial charge in [0.15, 0.2) is 0 Å². The molecule has 202 valence electrons. The van der Waals surface area contributed by atoms with Crippen LogP contribution in [-0.2, 0) is 12.7 Å². The zero-order chi connectivity index (χ0) is 27.0. The molecular formula is C28H34F3N7. The first-order chi connectivity index (χ1) is 18.2. The number of hydrogen-bond acceptors (Lipinski definition) is 5. The number of benzene rings is 1. The number of hydrogen-bond donors (Lipinski definition) is 3. The highest BCUT2D eigenvalue weighted by molar-refractivity contribution is 5.96. The Labute approximate surface area is 220 Å². The number of halogens is 3. The van der Waals surface area contributed by atoms with Crippen molar-refractivity contribution in [1.29, 1.82) is 10.8 Å². The van der Waals surface area contributed by atoms with Crippen molar-refractivity contribution >= 4 is 23.1 Å². The Morgan fingerprint density at radius 1 is 1.24 bits per heavy atom. The lowest BCUT2D eigenvalue weighted by Gasteiger charge is -2.36. The average molecular weight is 526 g/mol. The maximum atomic E-state index is 13.9. The van der Waals surface area contributed by atoms with Gasteiger partial charge in [-0.2, -0.15) is 18.3 Å². The summed E-state index contributed by atoms with van der Waals surface area (Å²) in [6, 6.07) is 8.71. The summed E-state index contributed by atoms with van der Waals surface area (Å²) in [5, 5.41) is 24.2. The highest BCUT2D eigenvalue weighted by Gasteiger charge is 2.35. The predicted octanol–water partition coefficient (Wildman–Crippen LogP) is 6.28. The lowest BCUT2D eigenvalue weighted by atomic mass is 9.72. The standard InChI is InChI=1S/C28H34F3N7/c1-17-6-5-11-38(14-17)15-22-26-21(13-23(34-22)28(29,30)31)25(35-36-26)20-10-4-9-19(12-20)24(18-7-3-8-18)27(33)37(2)16-32/h4,9-10,12-13,16-18,24,32-33H,3,5-8,11,14-15H2,1-2H3,(H,35,36). The van der Waals surface area contributed by atoms with E-state index in [1.54, 1.807) is 7.05 Å². The topological polar surface area (TPSA) is 95.8 Å². The van der Waals surface area contributed by atoms with Crippen molar-refractivity contribution in [3.63, 3.8) is 0 Å². The zero-order valence-corrected chi connectivity index (χ0v) is 21.8. The fourth-order valence-electron chi connectivity index (χ4n) is 5.80. The van der Waals surface area contributed by atoms with E-state index in [4.69, 9.17) is 10.8 Å². The van der Waals surface area contributed by atoms with Gasteiger partial charge in [-0.25, -0.2) is 4.98 Å². The van der Waals surface area contributed by atoms with Crippen molar-refractivity contribution in [2.45, 2.75) is 57.7 Å². The number of likely N-dealkylation sites (N-methyl/N-ethyl adjacent to an activating group) is 1. The number of fused-ring (bicyclic) bond motifs is 1. The van der Waals surface area contributed by atoms with Crippen molar-refractivity contribution in [2.24, 2.45) is 11.8 Å². The molecule has 1 saturated heterocycles. The largest absolute Gasteiger partial charge is 0.433 e. The third-order valence-corrected chi connectivity index (χ3v) is 8.04. The molecule has 5 rings (SSSR count). The van der Waals surface area contributed by atoms with Gasteiger partial charge < -0.3 is 4.90 Å². The van der Waals surface area contributed by atoms with Crippen LogP contribution in [0.4, 0.5) is 13.2 Å². The molecule has 7 nitrogen and oxygen atoms in total. The summed E-state index contributed by atoms with van der Waals surface area (Å²) in [7, 11) is 1.70. The molecule has 2 aliphatic rings. The number of nitrogens with one attached hydrogen (secondary N) is 3. The number of likely N-dealkylation sites (tertiary alicyclic amines) is 1. The van der Waals surface area contributed by atoms with Crippen LogP contribution in [0.3, 0.4) is 0 Å². The minimum Gasteiger partial charge on any atom is -0.324 e. The number of pyridine rings is 1. The van der Waals surface area contributed by atoms with Crippen molar-refractivity contribution in [1.82, 2.24) is 25.0 Å². The van der Waals surface area contributed by atoms with E-state index < -0.39 is 11.9 Å². The molecule has 3 heterocycles. The third-order valence-electron chi connectivity index (χ3n) is 8.04. The zero-order valence-electron chi connectivity index (χ0n) is 21.8. The Morgan fingerprint density at radius 2 is 2.03 bits per heavy atom. The maximum absolute atomic E-state index is 13.9. The highest BCUT2D eigenvalue weighted by Crippen LogP contribution is 2.42. The van der Waals surface area contributed by atoms with Crippen LogP contribution in [0.1, 0.15) is 61.9 Å². The molecule has 2 unspecified atom stereocenters. The summed E-state index contributed by atoms with van der Waals surface area (Å²) >= 11 is 0. The fourth-order valence-corrected chi connectivity index (χ4v) is 5.80. The van der Waals surface area contributed by atoms with E-state index in [0.717, 1.165) is 63.2 Å². The summed E-state index contributed by atoms with van der Waals surface area (Å²) in [6.45, 7) is 4.18. The molecule has 2 fully saturated rings. The molecule has 38 heavy (non-hydrogen) atoms. The van der Waals surface area contributed by atoms with Crippen molar-refractivity contribution in [2.75, 3.05) is 20.1 Å². The lowest BCUT2D eigenvalue weighted by Crippen LogP contribution is -2.36. The van der Waals surface area contributed by atoms with E-state index in [0.29, 0.717) is 52.1 Å². The second-order valence-corrected chi connectivity index (χ2v) is 10.8. The molecule has 2 atom stereocenters. The van der Waals surface area contributed by atoms with Gasteiger partial charge in [0.25, 0.3) is 0 Å². The molecule has 1 saturated carbocycles. The molecule has 3 N–H and O–H groups in total. The highest BCUT2D eigenvalue weighted by atomic mass is 19.4. The number of rotatable bonds is 7. The van der Waals surface area contributed by atoms with Crippen molar-refractivity contribution < 1.29 is 13.2 Å². The predicted molar refractivity (Wildman–Crippen MR) is 142 cm³/mol. The van der Waals surface area contributed by atoms with Gasteiger partial charge in [-0.05, 0) is 61.8 Å². The molecule has 0 radical (unpaired) electrons. The van der Waals surface area contributed by atoms with E-state index in [1.807, 2.05) is 24.3 Å². The van der Waals surface area contributed by atoms with E-state index in [9.17, 15) is 13.2 Å². The molecule has 10 heteroatoms. The molecule has 3 aromatic rings. The van der Waals surface area contributed by atoms with Gasteiger partial charge in [0, 0.05) is 37.0 Å². The van der Waals surface area contributed by atoms with Gasteiger partial charge in [-0.1, -0.05) is 31.5 Å². The number of H-pyrrole nitrogens is 1. The third kappa shape index (κ3) is 5.18. The molecule has 0 amide bonds. The lowest BCUT2D eigenvalue weighted by molar-refractivity contribution is -0.141. The molecule has 1 aromatic carbocycles. The van der Waals surface area contributed by atoms with Gasteiger partial charge in [-0.15, -0.1) is 0 Å². The van der Waals surface area contributed by atoms with Crippen molar-refractivity contribution in [3.8, 4) is 11.3 Å². The first kappa shape index (κ1) is 26.3. The van der Waals surface area contributed by atoms with Gasteiger partial charge in [0.1, 0.15) is 17.2 Å². The Morgan fingerprint density at radius 3 is 2.68 bits per heavy atom. The Kier molecular flexibility index (Phi) is 7.26. The van der Waals surface area contributed by atoms with Crippen LogP contribution in [0.2, 0.25) is 0 Å². The molecule has 0 spiro atoms. The van der Waals surface area contributed by atoms with Crippen LogP contribution in [0.15, 0.2) is 30.3 Å². The van der Waals surface area contributed by atoms with Gasteiger partial charge in [0.2, 0.25) is 0 Å². The van der Waals surface area contributed by atoms with Crippen LogP contribution in [-0.4, -0.2) is 57.3 Å². The van der Waals surface area contributed by atoms with E-state index in [1.165, 1.54) is 4.90 Å². The molecule has 2 aromatic heterocycles. The average Bonchev–Trinajstić information content (AvgIpc) is 3.29. The molecular weight excluding hydrogens is 491 g/mol. The summed E-state index contributed by atoms with van der Waals surface area (Å²) in [5.41, 5.74) is 2.03. The van der Waals surface area contributed by atoms with E-state index >= 15 is 0 Å². The van der Waals surface area contributed by atoms with Crippen LogP contribution in [0, 0.1) is 22.7 Å². The molecule has 1 aliphatic carbocycles. The minimum atomic E-state index is -4.57. The van der Waals surface area contributed by atoms with Crippen LogP contribution in [0.5, 0.6) is 0 Å². The summed E-state index contributed by atoms with van der Waals surface area (Å²) in [5.74, 6) is 0.953. The first-order valence-corrected chi connectivity index (χ1v) is 13.3.